The molecular formula is C8H5N3O3. The zero-order valence-electron chi connectivity index (χ0n) is 6.93. The van der Waals surface area contributed by atoms with E-state index in [0.29, 0.717) is 11.8 Å². The summed E-state index contributed by atoms with van der Waals surface area (Å²) in [6, 6.07) is 4.51. The Labute approximate surface area is 77.7 Å². The third-order valence-electron chi connectivity index (χ3n) is 1.82. The largest absolute Gasteiger partial charge is 0.335 e. The first-order valence-electron chi connectivity index (χ1n) is 3.80. The van der Waals surface area contributed by atoms with Gasteiger partial charge in [0.2, 0.25) is 0 Å². The number of para-hydroxylation sites is 1. The van der Waals surface area contributed by atoms with E-state index in [9.17, 15) is 14.9 Å². The van der Waals surface area contributed by atoms with Gasteiger partial charge in [-0.25, -0.2) is 4.98 Å². The molecule has 0 radical (unpaired) electrons. The van der Waals surface area contributed by atoms with Crippen molar-refractivity contribution >= 4 is 23.0 Å². The van der Waals surface area contributed by atoms with Crippen LogP contribution in [0, 0.1) is 10.1 Å². The predicted octanol–water partition coefficient (Wildman–Crippen LogP) is 1.28. The van der Waals surface area contributed by atoms with Crippen molar-refractivity contribution in [3.05, 3.63) is 34.1 Å². The van der Waals surface area contributed by atoms with Crippen LogP contribution in [0.5, 0.6) is 0 Å². The molecule has 6 heteroatoms. The molecule has 1 N–H and O–H groups in total. The Morgan fingerprint density at radius 1 is 1.50 bits per heavy atom. The minimum atomic E-state index is -0.530. The fourth-order valence-electron chi connectivity index (χ4n) is 1.24. The second kappa shape index (κ2) is 2.91. The smallest absolute Gasteiger partial charge is 0.297 e. The molecule has 70 valence electrons. The van der Waals surface area contributed by atoms with E-state index in [4.69, 9.17) is 0 Å². The van der Waals surface area contributed by atoms with Crippen molar-refractivity contribution < 1.29 is 9.72 Å². The summed E-state index contributed by atoms with van der Waals surface area (Å²) >= 11 is 0. The van der Waals surface area contributed by atoms with Crippen molar-refractivity contribution in [1.82, 2.24) is 9.97 Å². The summed E-state index contributed by atoms with van der Waals surface area (Å²) < 4.78 is 0. The van der Waals surface area contributed by atoms with Gasteiger partial charge in [0.25, 0.3) is 5.69 Å². The molecule has 1 aromatic carbocycles. The predicted molar refractivity (Wildman–Crippen MR) is 48.1 cm³/mol. The van der Waals surface area contributed by atoms with E-state index in [2.05, 4.69) is 9.97 Å². The first-order valence-corrected chi connectivity index (χ1v) is 3.80. The molecule has 1 heterocycles. The van der Waals surface area contributed by atoms with Gasteiger partial charge in [0.15, 0.2) is 17.6 Å². The summed E-state index contributed by atoms with van der Waals surface area (Å²) in [4.78, 5) is 26.9. The fourth-order valence-corrected chi connectivity index (χ4v) is 1.24. The van der Waals surface area contributed by atoms with Crippen molar-refractivity contribution in [2.75, 3.05) is 0 Å². The number of imidazole rings is 1. The Balaban J connectivity index is 2.79. The van der Waals surface area contributed by atoms with Crippen molar-refractivity contribution in [3.8, 4) is 0 Å². The quantitative estimate of drug-likeness (QED) is 0.440. The molecule has 14 heavy (non-hydrogen) atoms. The number of H-pyrrole nitrogens is 1. The monoisotopic (exact) mass is 191 g/mol. The number of aldehydes is 1. The van der Waals surface area contributed by atoms with Gasteiger partial charge in [-0.3, -0.25) is 14.9 Å². The molecule has 2 aromatic rings. The number of nitro benzene ring substituents is 1. The first-order chi connectivity index (χ1) is 6.72. The highest BCUT2D eigenvalue weighted by Crippen LogP contribution is 2.22. The molecule has 0 aliphatic heterocycles. The number of nitrogens with one attached hydrogen (secondary N) is 1. The van der Waals surface area contributed by atoms with Crippen molar-refractivity contribution in [2.45, 2.75) is 0 Å². The van der Waals surface area contributed by atoms with Crippen LogP contribution in [0.1, 0.15) is 10.6 Å². The highest BCUT2D eigenvalue weighted by Gasteiger charge is 2.14. The van der Waals surface area contributed by atoms with Crippen molar-refractivity contribution in [3.63, 3.8) is 0 Å². The van der Waals surface area contributed by atoms with Gasteiger partial charge < -0.3 is 4.98 Å². The van der Waals surface area contributed by atoms with Crippen LogP contribution in [0.2, 0.25) is 0 Å². The van der Waals surface area contributed by atoms with E-state index < -0.39 is 4.92 Å². The van der Waals surface area contributed by atoms with Gasteiger partial charge in [-0.1, -0.05) is 6.07 Å². The Kier molecular flexibility index (Phi) is 1.74. The number of fused-ring (bicyclic) bond motifs is 1. The molecule has 0 unspecified atom stereocenters. The van der Waals surface area contributed by atoms with Gasteiger partial charge in [-0.2, -0.15) is 0 Å². The molecule has 6 nitrogen and oxygen atoms in total. The number of nitrogens with zero attached hydrogens (tertiary/aromatic N) is 2. The molecule has 0 amide bonds. The zero-order chi connectivity index (χ0) is 10.1. The molecule has 0 bridgehead atoms. The number of carbonyl (C=O) groups excluding carboxylic acids is 1. The van der Waals surface area contributed by atoms with Crippen LogP contribution in [-0.4, -0.2) is 21.2 Å². The maximum Gasteiger partial charge on any atom is 0.297 e. The Morgan fingerprint density at radius 3 is 2.93 bits per heavy atom. The van der Waals surface area contributed by atoms with Crippen LogP contribution in [-0.2, 0) is 0 Å². The molecular weight excluding hydrogens is 186 g/mol. The second-order valence-electron chi connectivity index (χ2n) is 2.67. The molecule has 0 saturated carbocycles. The standard InChI is InChI=1S/C8H5N3O3/c12-4-7-9-5-2-1-3-6(11(13)14)8(5)10-7/h1-4H,(H,9,10). The van der Waals surface area contributed by atoms with E-state index in [1.54, 1.807) is 6.07 Å². The fraction of sp³-hybridized carbons (Fsp3) is 0. The molecule has 0 spiro atoms. The third kappa shape index (κ3) is 1.13. The highest BCUT2D eigenvalue weighted by atomic mass is 16.6. The molecule has 0 saturated heterocycles. The lowest BCUT2D eigenvalue weighted by atomic mass is 10.3. The summed E-state index contributed by atoms with van der Waals surface area (Å²) in [6.07, 6.45) is 0.518. The molecule has 2 rings (SSSR count). The van der Waals surface area contributed by atoms with E-state index in [1.165, 1.54) is 12.1 Å². The summed E-state index contributed by atoms with van der Waals surface area (Å²) in [7, 11) is 0. The second-order valence-corrected chi connectivity index (χ2v) is 2.67. The van der Waals surface area contributed by atoms with Crippen LogP contribution in [0.25, 0.3) is 11.0 Å². The Morgan fingerprint density at radius 2 is 2.29 bits per heavy atom. The van der Waals surface area contributed by atoms with Gasteiger partial charge in [0, 0.05) is 6.07 Å². The lowest BCUT2D eigenvalue weighted by molar-refractivity contribution is -0.383. The van der Waals surface area contributed by atoms with Gasteiger partial charge in [-0.15, -0.1) is 0 Å². The SMILES string of the molecule is O=Cc1nc2c([N+](=O)[O-])cccc2[nH]1. The normalized spacial score (nSPS) is 10.3. The average molecular weight is 191 g/mol. The number of non-ortho nitro benzene ring substituents is 1. The number of carbonyl (C=O) groups is 1. The number of aromatic nitrogens is 2. The average Bonchev–Trinajstić information content (AvgIpc) is 2.59. The van der Waals surface area contributed by atoms with Gasteiger partial charge in [0.1, 0.15) is 0 Å². The van der Waals surface area contributed by atoms with Crippen molar-refractivity contribution in [1.29, 1.82) is 0 Å². The van der Waals surface area contributed by atoms with Crippen LogP contribution < -0.4 is 0 Å². The Hall–Kier alpha value is -2.24. The number of hydrogen-bond acceptors (Lipinski definition) is 4. The van der Waals surface area contributed by atoms with Gasteiger partial charge >= 0.3 is 0 Å². The first kappa shape index (κ1) is 8.36. The van der Waals surface area contributed by atoms with Crippen molar-refractivity contribution in [2.24, 2.45) is 0 Å². The molecule has 0 fully saturated rings. The maximum absolute atomic E-state index is 10.6. The highest BCUT2D eigenvalue weighted by molar-refractivity contribution is 5.88. The third-order valence-corrected chi connectivity index (χ3v) is 1.82. The number of aromatic amines is 1. The van der Waals surface area contributed by atoms with Crippen LogP contribution in [0.4, 0.5) is 5.69 Å². The summed E-state index contributed by atoms with van der Waals surface area (Å²) in [5, 5.41) is 10.6. The zero-order valence-corrected chi connectivity index (χ0v) is 6.93. The Bertz CT molecular complexity index is 518. The number of hydrogen-bond donors (Lipinski definition) is 1. The molecule has 0 atom stereocenters. The van der Waals surface area contributed by atoms with Crippen LogP contribution in [0.15, 0.2) is 18.2 Å². The lowest BCUT2D eigenvalue weighted by Crippen LogP contribution is -1.88. The minimum absolute atomic E-state index is 0.0919. The topological polar surface area (TPSA) is 88.9 Å². The molecule has 0 aliphatic rings. The van der Waals surface area contributed by atoms with Crippen LogP contribution in [0.3, 0.4) is 0 Å². The number of benzene rings is 1. The summed E-state index contributed by atoms with van der Waals surface area (Å²) in [5.41, 5.74) is 0.591. The summed E-state index contributed by atoms with van der Waals surface area (Å²) in [6.45, 7) is 0. The number of rotatable bonds is 2. The molecule has 1 aromatic heterocycles. The molecule has 0 aliphatic carbocycles. The van der Waals surface area contributed by atoms with E-state index in [0.717, 1.165) is 0 Å². The lowest BCUT2D eigenvalue weighted by Gasteiger charge is -1.90. The maximum atomic E-state index is 10.6. The van der Waals surface area contributed by atoms with Gasteiger partial charge in [0.05, 0.1) is 10.4 Å². The minimum Gasteiger partial charge on any atom is -0.335 e. The van der Waals surface area contributed by atoms with E-state index in [1.807, 2.05) is 0 Å². The van der Waals surface area contributed by atoms with Gasteiger partial charge in [-0.05, 0) is 6.07 Å². The summed E-state index contributed by atoms with van der Waals surface area (Å²) in [5.74, 6) is 0.0919. The van der Waals surface area contributed by atoms with E-state index in [-0.39, 0.29) is 17.0 Å². The van der Waals surface area contributed by atoms with Crippen LogP contribution >= 0.6 is 0 Å². The van der Waals surface area contributed by atoms with E-state index >= 15 is 0 Å². The number of nitro groups is 1.